The number of nitrogens with two attached hydrogens (primary N) is 1. The highest BCUT2D eigenvalue weighted by atomic mass is 16.2. The standard InChI is InChI=1S/C12H21N5O/c1-10(8-13)9-16-4-6-17(7-5-16)12(18)11-2-3-14-15-11/h2-3,10H,4-9,13H2,1H3,(H,14,15). The Morgan fingerprint density at radius 3 is 2.78 bits per heavy atom. The first-order valence-corrected chi connectivity index (χ1v) is 6.41. The first-order chi connectivity index (χ1) is 8.70. The van der Waals surface area contributed by atoms with Crippen molar-refractivity contribution in [2.45, 2.75) is 6.92 Å². The van der Waals surface area contributed by atoms with Crippen molar-refractivity contribution in [3.63, 3.8) is 0 Å². The summed E-state index contributed by atoms with van der Waals surface area (Å²) in [5.41, 5.74) is 6.19. The maximum absolute atomic E-state index is 12.1. The van der Waals surface area contributed by atoms with Gasteiger partial charge in [0.25, 0.3) is 5.91 Å². The van der Waals surface area contributed by atoms with Gasteiger partial charge in [0, 0.05) is 38.9 Å². The third kappa shape index (κ3) is 3.08. The topological polar surface area (TPSA) is 78.2 Å². The molecule has 1 unspecified atom stereocenters. The van der Waals surface area contributed by atoms with E-state index in [1.165, 1.54) is 0 Å². The number of rotatable bonds is 4. The number of hydrogen-bond acceptors (Lipinski definition) is 4. The zero-order valence-electron chi connectivity index (χ0n) is 10.8. The first-order valence-electron chi connectivity index (χ1n) is 6.41. The summed E-state index contributed by atoms with van der Waals surface area (Å²) in [5.74, 6) is 0.555. The number of aromatic nitrogens is 2. The van der Waals surface area contributed by atoms with Crippen LogP contribution >= 0.6 is 0 Å². The van der Waals surface area contributed by atoms with Gasteiger partial charge in [-0.05, 0) is 18.5 Å². The van der Waals surface area contributed by atoms with E-state index in [2.05, 4.69) is 22.0 Å². The minimum Gasteiger partial charge on any atom is -0.335 e. The number of piperazine rings is 1. The predicted octanol–water partition coefficient (Wildman–Crippen LogP) is -0.238. The number of nitrogens with zero attached hydrogens (tertiary/aromatic N) is 3. The molecule has 0 radical (unpaired) electrons. The Bertz CT molecular complexity index is 370. The molecule has 0 bridgehead atoms. The van der Waals surface area contributed by atoms with Crippen LogP contribution in [0.25, 0.3) is 0 Å². The average Bonchev–Trinajstić information content (AvgIpc) is 2.92. The summed E-state index contributed by atoms with van der Waals surface area (Å²) >= 11 is 0. The summed E-state index contributed by atoms with van der Waals surface area (Å²) < 4.78 is 0. The molecule has 1 aliphatic heterocycles. The van der Waals surface area contributed by atoms with Gasteiger partial charge in [-0.2, -0.15) is 5.10 Å². The van der Waals surface area contributed by atoms with Gasteiger partial charge < -0.3 is 10.6 Å². The number of hydrogen-bond donors (Lipinski definition) is 2. The second kappa shape index (κ2) is 5.97. The van der Waals surface area contributed by atoms with Crippen molar-refractivity contribution in [3.8, 4) is 0 Å². The molecule has 2 rings (SSSR count). The lowest BCUT2D eigenvalue weighted by Gasteiger charge is -2.35. The van der Waals surface area contributed by atoms with E-state index in [4.69, 9.17) is 5.73 Å². The van der Waals surface area contributed by atoms with E-state index < -0.39 is 0 Å². The van der Waals surface area contributed by atoms with Gasteiger partial charge in [-0.15, -0.1) is 0 Å². The van der Waals surface area contributed by atoms with Gasteiger partial charge >= 0.3 is 0 Å². The molecule has 18 heavy (non-hydrogen) atoms. The van der Waals surface area contributed by atoms with Crippen LogP contribution < -0.4 is 5.73 Å². The molecule has 6 nitrogen and oxygen atoms in total. The molecule has 3 N–H and O–H groups in total. The van der Waals surface area contributed by atoms with Gasteiger partial charge in [0.2, 0.25) is 0 Å². The number of nitrogens with one attached hydrogen (secondary N) is 1. The van der Waals surface area contributed by atoms with Crippen molar-refractivity contribution in [2.75, 3.05) is 39.3 Å². The van der Waals surface area contributed by atoms with Gasteiger partial charge in [-0.3, -0.25) is 14.8 Å². The Morgan fingerprint density at radius 1 is 1.50 bits per heavy atom. The minimum absolute atomic E-state index is 0.0408. The van der Waals surface area contributed by atoms with Crippen LogP contribution in [-0.4, -0.2) is 65.2 Å². The van der Waals surface area contributed by atoms with E-state index in [1.807, 2.05) is 4.90 Å². The largest absolute Gasteiger partial charge is 0.335 e. The smallest absolute Gasteiger partial charge is 0.271 e. The van der Waals surface area contributed by atoms with Crippen molar-refractivity contribution in [2.24, 2.45) is 11.7 Å². The zero-order valence-corrected chi connectivity index (χ0v) is 10.8. The molecule has 1 aromatic rings. The normalized spacial score (nSPS) is 18.9. The Balaban J connectivity index is 1.81. The second-order valence-electron chi connectivity index (χ2n) is 4.90. The van der Waals surface area contributed by atoms with E-state index in [0.29, 0.717) is 18.2 Å². The molecule has 0 aromatic carbocycles. The molecule has 1 aromatic heterocycles. The summed E-state index contributed by atoms with van der Waals surface area (Å²) in [6.07, 6.45) is 1.60. The monoisotopic (exact) mass is 251 g/mol. The summed E-state index contributed by atoms with van der Waals surface area (Å²) in [6.45, 7) is 7.27. The van der Waals surface area contributed by atoms with Crippen molar-refractivity contribution in [1.82, 2.24) is 20.0 Å². The predicted molar refractivity (Wildman–Crippen MR) is 69.1 cm³/mol. The maximum Gasteiger partial charge on any atom is 0.271 e. The molecule has 2 heterocycles. The van der Waals surface area contributed by atoms with Crippen molar-refractivity contribution in [3.05, 3.63) is 18.0 Å². The van der Waals surface area contributed by atoms with E-state index in [0.717, 1.165) is 32.7 Å². The van der Waals surface area contributed by atoms with Crippen LogP contribution in [0.5, 0.6) is 0 Å². The fourth-order valence-corrected chi connectivity index (χ4v) is 2.19. The molecule has 1 atom stereocenters. The lowest BCUT2D eigenvalue weighted by atomic mass is 10.1. The fraction of sp³-hybridized carbons (Fsp3) is 0.667. The highest BCUT2D eigenvalue weighted by Crippen LogP contribution is 2.08. The Hall–Kier alpha value is -1.40. The number of aromatic amines is 1. The highest BCUT2D eigenvalue weighted by molar-refractivity contribution is 5.92. The highest BCUT2D eigenvalue weighted by Gasteiger charge is 2.23. The first kappa shape index (κ1) is 13.0. The average molecular weight is 251 g/mol. The second-order valence-corrected chi connectivity index (χ2v) is 4.90. The van der Waals surface area contributed by atoms with Crippen LogP contribution in [0, 0.1) is 5.92 Å². The molecule has 100 valence electrons. The van der Waals surface area contributed by atoms with Crippen molar-refractivity contribution >= 4 is 5.91 Å². The Kier molecular flexibility index (Phi) is 4.33. The molecule has 1 saturated heterocycles. The van der Waals surface area contributed by atoms with Crippen molar-refractivity contribution in [1.29, 1.82) is 0 Å². The number of carbonyl (C=O) groups is 1. The molecule has 0 spiro atoms. The van der Waals surface area contributed by atoms with Crippen LogP contribution in [0.3, 0.4) is 0 Å². The maximum atomic E-state index is 12.1. The molecule has 1 fully saturated rings. The molecule has 1 amide bonds. The van der Waals surface area contributed by atoms with E-state index >= 15 is 0 Å². The fourth-order valence-electron chi connectivity index (χ4n) is 2.19. The zero-order chi connectivity index (χ0) is 13.0. The molecule has 0 saturated carbocycles. The molecule has 1 aliphatic rings. The lowest BCUT2D eigenvalue weighted by molar-refractivity contribution is 0.0616. The van der Waals surface area contributed by atoms with E-state index in [9.17, 15) is 4.79 Å². The van der Waals surface area contributed by atoms with Gasteiger partial charge in [-0.25, -0.2) is 0 Å². The Labute approximate surface area is 107 Å². The summed E-state index contributed by atoms with van der Waals surface area (Å²) in [4.78, 5) is 16.3. The lowest BCUT2D eigenvalue weighted by Crippen LogP contribution is -2.50. The summed E-state index contributed by atoms with van der Waals surface area (Å²) in [6, 6.07) is 1.71. The minimum atomic E-state index is 0.0408. The van der Waals surface area contributed by atoms with E-state index in [1.54, 1.807) is 12.3 Å². The van der Waals surface area contributed by atoms with Gasteiger partial charge in [0.15, 0.2) is 0 Å². The number of carbonyl (C=O) groups excluding carboxylic acids is 1. The quantitative estimate of drug-likeness (QED) is 0.774. The summed E-state index contributed by atoms with van der Waals surface area (Å²) in [7, 11) is 0. The van der Waals surface area contributed by atoms with Crippen LogP contribution in [0.2, 0.25) is 0 Å². The molecular formula is C12H21N5O. The van der Waals surface area contributed by atoms with Crippen LogP contribution in [0.4, 0.5) is 0 Å². The van der Waals surface area contributed by atoms with Crippen molar-refractivity contribution < 1.29 is 4.79 Å². The number of H-pyrrole nitrogens is 1. The van der Waals surface area contributed by atoms with Crippen LogP contribution in [-0.2, 0) is 0 Å². The number of amides is 1. The third-order valence-electron chi connectivity index (χ3n) is 3.36. The SMILES string of the molecule is CC(CN)CN1CCN(C(=O)c2ccn[nH]2)CC1. The van der Waals surface area contributed by atoms with Gasteiger partial charge in [0.1, 0.15) is 5.69 Å². The third-order valence-corrected chi connectivity index (χ3v) is 3.36. The molecule has 6 heteroatoms. The Morgan fingerprint density at radius 2 is 2.22 bits per heavy atom. The van der Waals surface area contributed by atoms with Crippen LogP contribution in [0.1, 0.15) is 17.4 Å². The van der Waals surface area contributed by atoms with Crippen LogP contribution in [0.15, 0.2) is 12.3 Å². The van der Waals surface area contributed by atoms with Gasteiger partial charge in [-0.1, -0.05) is 6.92 Å². The van der Waals surface area contributed by atoms with E-state index in [-0.39, 0.29) is 5.91 Å². The summed E-state index contributed by atoms with van der Waals surface area (Å²) in [5, 5.41) is 6.52. The molecule has 0 aliphatic carbocycles. The molecular weight excluding hydrogens is 230 g/mol. The van der Waals surface area contributed by atoms with Gasteiger partial charge in [0.05, 0.1) is 0 Å².